The van der Waals surface area contributed by atoms with E-state index in [0.717, 1.165) is 30.4 Å². The fourth-order valence-corrected chi connectivity index (χ4v) is 4.69. The molecule has 0 unspecified atom stereocenters. The van der Waals surface area contributed by atoms with E-state index < -0.39 is 16.1 Å². The van der Waals surface area contributed by atoms with Crippen molar-refractivity contribution in [3.63, 3.8) is 0 Å². The highest BCUT2D eigenvalue weighted by molar-refractivity contribution is 7.89. The molecule has 0 amide bonds. The molecule has 5 nitrogen and oxygen atoms in total. The van der Waals surface area contributed by atoms with E-state index in [1.807, 2.05) is 12.1 Å². The summed E-state index contributed by atoms with van der Waals surface area (Å²) in [5.41, 5.74) is 3.14. The monoisotopic (exact) mass is 375 g/mol. The number of aryl methyl sites for hydroxylation is 2. The third-order valence-electron chi connectivity index (χ3n) is 4.87. The molecule has 0 bridgehead atoms. The minimum atomic E-state index is -3.63. The second-order valence-corrected chi connectivity index (χ2v) is 8.30. The molecule has 26 heavy (non-hydrogen) atoms. The van der Waals surface area contributed by atoms with Crippen molar-refractivity contribution in [3.8, 4) is 11.5 Å². The number of benzene rings is 2. The molecule has 1 aliphatic rings. The molecule has 1 atom stereocenters. The van der Waals surface area contributed by atoms with Gasteiger partial charge in [-0.3, -0.25) is 0 Å². The van der Waals surface area contributed by atoms with Crippen LogP contribution in [-0.2, 0) is 22.9 Å². The maximum atomic E-state index is 12.9. The number of sulfonamides is 1. The van der Waals surface area contributed by atoms with Gasteiger partial charge >= 0.3 is 0 Å². The van der Waals surface area contributed by atoms with E-state index in [0.29, 0.717) is 16.4 Å². The summed E-state index contributed by atoms with van der Waals surface area (Å²) in [6.07, 6.45) is 4.25. The van der Waals surface area contributed by atoms with Crippen molar-refractivity contribution < 1.29 is 17.9 Å². The highest BCUT2D eigenvalue weighted by Gasteiger charge is 2.22. The predicted molar refractivity (Wildman–Crippen MR) is 101 cm³/mol. The van der Waals surface area contributed by atoms with E-state index in [1.54, 1.807) is 45.4 Å². The zero-order chi connectivity index (χ0) is 18.7. The molecule has 6 heteroatoms. The SMILES string of the molecule is COc1ccc(OC)c([C@@H](C)NS(=O)(=O)c2ccc3c(c2)CCCC3)c1. The molecule has 0 saturated heterocycles. The van der Waals surface area contributed by atoms with Gasteiger partial charge in [-0.1, -0.05) is 6.07 Å². The van der Waals surface area contributed by atoms with Gasteiger partial charge < -0.3 is 9.47 Å². The molecular formula is C20H25NO4S. The van der Waals surface area contributed by atoms with Gasteiger partial charge in [0.1, 0.15) is 11.5 Å². The minimum Gasteiger partial charge on any atom is -0.497 e. The molecule has 0 radical (unpaired) electrons. The van der Waals surface area contributed by atoms with Crippen molar-refractivity contribution in [1.82, 2.24) is 4.72 Å². The minimum absolute atomic E-state index is 0.312. The van der Waals surface area contributed by atoms with Crippen LogP contribution >= 0.6 is 0 Å². The number of nitrogens with one attached hydrogen (secondary N) is 1. The molecule has 1 N–H and O–H groups in total. The smallest absolute Gasteiger partial charge is 0.241 e. The molecule has 3 rings (SSSR count). The van der Waals surface area contributed by atoms with Crippen LogP contribution in [0.5, 0.6) is 11.5 Å². The maximum absolute atomic E-state index is 12.9. The molecule has 0 aliphatic heterocycles. The fourth-order valence-electron chi connectivity index (χ4n) is 3.42. The average molecular weight is 375 g/mol. The normalized spacial score (nSPS) is 15.2. The zero-order valence-corrected chi connectivity index (χ0v) is 16.2. The highest BCUT2D eigenvalue weighted by Crippen LogP contribution is 2.31. The predicted octanol–water partition coefficient (Wildman–Crippen LogP) is 3.62. The Kier molecular flexibility index (Phi) is 5.53. The van der Waals surface area contributed by atoms with Gasteiger partial charge in [0.15, 0.2) is 0 Å². The topological polar surface area (TPSA) is 64.6 Å². The Bertz CT molecular complexity index is 893. The van der Waals surface area contributed by atoms with Gasteiger partial charge in [0.2, 0.25) is 10.0 Å². The van der Waals surface area contributed by atoms with E-state index in [1.165, 1.54) is 12.0 Å². The first kappa shape index (κ1) is 18.7. The van der Waals surface area contributed by atoms with Gasteiger partial charge in [0.05, 0.1) is 19.1 Å². The lowest BCUT2D eigenvalue weighted by Gasteiger charge is -2.20. The molecule has 0 saturated carbocycles. The molecule has 0 heterocycles. The van der Waals surface area contributed by atoms with Crippen molar-refractivity contribution >= 4 is 10.0 Å². The van der Waals surface area contributed by atoms with Crippen molar-refractivity contribution in [2.24, 2.45) is 0 Å². The maximum Gasteiger partial charge on any atom is 0.241 e. The Morgan fingerprint density at radius 2 is 1.69 bits per heavy atom. The van der Waals surface area contributed by atoms with Crippen LogP contribution in [0.3, 0.4) is 0 Å². The van der Waals surface area contributed by atoms with E-state index in [9.17, 15) is 8.42 Å². The van der Waals surface area contributed by atoms with E-state index >= 15 is 0 Å². The summed E-state index contributed by atoms with van der Waals surface area (Å²) >= 11 is 0. The van der Waals surface area contributed by atoms with Crippen LogP contribution < -0.4 is 14.2 Å². The van der Waals surface area contributed by atoms with Crippen molar-refractivity contribution in [2.75, 3.05) is 14.2 Å². The van der Waals surface area contributed by atoms with Gasteiger partial charge in [-0.05, 0) is 74.1 Å². The molecular weight excluding hydrogens is 350 g/mol. The van der Waals surface area contributed by atoms with Crippen molar-refractivity contribution in [1.29, 1.82) is 0 Å². The fraction of sp³-hybridized carbons (Fsp3) is 0.400. The summed E-state index contributed by atoms with van der Waals surface area (Å²) in [6, 6.07) is 10.3. The van der Waals surface area contributed by atoms with Gasteiger partial charge in [0.25, 0.3) is 0 Å². The summed E-state index contributed by atoms with van der Waals surface area (Å²) in [5.74, 6) is 1.27. The second-order valence-electron chi connectivity index (χ2n) is 6.59. The van der Waals surface area contributed by atoms with Crippen LogP contribution in [-0.4, -0.2) is 22.6 Å². The Labute approximate surface area is 155 Å². The summed E-state index contributed by atoms with van der Waals surface area (Å²) in [5, 5.41) is 0. The summed E-state index contributed by atoms with van der Waals surface area (Å²) in [7, 11) is -0.490. The molecule has 140 valence electrons. The standard InChI is InChI=1S/C20H25NO4S/c1-14(19-13-17(24-2)9-11-20(19)25-3)21-26(22,23)18-10-8-15-6-4-5-7-16(15)12-18/h8-14,21H,4-7H2,1-3H3/t14-/m1/s1. The van der Waals surface area contributed by atoms with E-state index in [4.69, 9.17) is 9.47 Å². The largest absolute Gasteiger partial charge is 0.497 e. The zero-order valence-electron chi connectivity index (χ0n) is 15.4. The second kappa shape index (κ2) is 7.68. The van der Waals surface area contributed by atoms with Crippen LogP contribution in [0.4, 0.5) is 0 Å². The van der Waals surface area contributed by atoms with Crippen LogP contribution in [0.15, 0.2) is 41.3 Å². The van der Waals surface area contributed by atoms with Gasteiger partial charge in [-0.2, -0.15) is 0 Å². The lowest BCUT2D eigenvalue weighted by molar-refractivity contribution is 0.395. The Morgan fingerprint density at radius 3 is 2.38 bits per heavy atom. The van der Waals surface area contributed by atoms with Crippen LogP contribution in [0.2, 0.25) is 0 Å². The molecule has 0 fully saturated rings. The Morgan fingerprint density at radius 1 is 0.962 bits per heavy atom. The first-order valence-corrected chi connectivity index (χ1v) is 10.3. The quantitative estimate of drug-likeness (QED) is 0.837. The first-order valence-electron chi connectivity index (χ1n) is 8.80. The van der Waals surface area contributed by atoms with Gasteiger partial charge in [0, 0.05) is 11.6 Å². The third-order valence-corrected chi connectivity index (χ3v) is 6.40. The molecule has 2 aromatic carbocycles. The lowest BCUT2D eigenvalue weighted by Crippen LogP contribution is -2.27. The van der Waals surface area contributed by atoms with Crippen LogP contribution in [0, 0.1) is 0 Å². The number of hydrogen-bond donors (Lipinski definition) is 1. The van der Waals surface area contributed by atoms with Crippen LogP contribution in [0.25, 0.3) is 0 Å². The Balaban J connectivity index is 1.87. The van der Waals surface area contributed by atoms with Crippen molar-refractivity contribution in [2.45, 2.75) is 43.5 Å². The Hall–Kier alpha value is -2.05. The first-order chi connectivity index (χ1) is 12.4. The number of methoxy groups -OCH3 is 2. The van der Waals surface area contributed by atoms with Gasteiger partial charge in [-0.25, -0.2) is 13.1 Å². The summed E-state index contributed by atoms with van der Waals surface area (Å²) < 4.78 is 39.1. The number of ether oxygens (including phenoxy) is 2. The number of fused-ring (bicyclic) bond motifs is 1. The van der Waals surface area contributed by atoms with Crippen LogP contribution in [0.1, 0.15) is 42.5 Å². The number of hydrogen-bond acceptors (Lipinski definition) is 4. The van der Waals surface area contributed by atoms with Crippen molar-refractivity contribution in [3.05, 3.63) is 53.1 Å². The third kappa shape index (κ3) is 3.86. The highest BCUT2D eigenvalue weighted by atomic mass is 32.2. The van der Waals surface area contributed by atoms with E-state index in [-0.39, 0.29) is 0 Å². The lowest BCUT2D eigenvalue weighted by atomic mass is 9.92. The van der Waals surface area contributed by atoms with Gasteiger partial charge in [-0.15, -0.1) is 0 Å². The number of rotatable bonds is 6. The molecule has 0 spiro atoms. The summed E-state index contributed by atoms with van der Waals surface area (Å²) in [6.45, 7) is 1.80. The average Bonchev–Trinajstić information content (AvgIpc) is 2.66. The van der Waals surface area contributed by atoms with E-state index in [2.05, 4.69) is 4.72 Å². The summed E-state index contributed by atoms with van der Waals surface area (Å²) in [4.78, 5) is 0.312. The molecule has 0 aromatic heterocycles. The molecule has 1 aliphatic carbocycles. The molecule has 2 aromatic rings.